The third-order valence-electron chi connectivity index (χ3n) is 1.59. The maximum absolute atomic E-state index is 5.59. The summed E-state index contributed by atoms with van der Waals surface area (Å²) in [6.07, 6.45) is 1.21. The summed E-state index contributed by atoms with van der Waals surface area (Å²) in [5.41, 5.74) is 12.0. The van der Waals surface area contributed by atoms with Gasteiger partial charge in [-0.05, 0) is 28.9 Å². The van der Waals surface area contributed by atoms with Crippen LogP contribution in [-0.2, 0) is 0 Å². The van der Waals surface area contributed by atoms with Gasteiger partial charge in [0.1, 0.15) is 5.82 Å². The van der Waals surface area contributed by atoms with Crippen molar-refractivity contribution in [3.05, 3.63) is 22.3 Å². The summed E-state index contributed by atoms with van der Waals surface area (Å²) in [7, 11) is 0. The Hall–Kier alpha value is -0.650. The molecule has 1 aromatic heterocycles. The predicted octanol–water partition coefficient (Wildman–Crippen LogP) is 1.19. The Balaban J connectivity index is 3.03. The maximum Gasteiger partial charge on any atom is 0.132 e. The van der Waals surface area contributed by atoms with Gasteiger partial charge in [-0.1, -0.05) is 0 Å². The molecule has 13 heavy (non-hydrogen) atoms. The molecule has 0 aliphatic carbocycles. The zero-order chi connectivity index (χ0) is 9.84. The molecule has 0 aromatic carbocycles. The van der Waals surface area contributed by atoms with Gasteiger partial charge in [-0.15, -0.1) is 0 Å². The molecule has 0 aliphatic rings. The molecule has 0 spiro atoms. The summed E-state index contributed by atoms with van der Waals surface area (Å²) in [6.45, 7) is 2.80. The molecule has 0 unspecified atom stereocenters. The fraction of sp³-hybridized carbons (Fsp3) is 0.375. The molecular weight excluding hydrogens is 232 g/mol. The van der Waals surface area contributed by atoms with Crippen molar-refractivity contribution in [3.8, 4) is 0 Å². The summed E-state index contributed by atoms with van der Waals surface area (Å²) >= 11 is 3.31. The summed E-state index contributed by atoms with van der Waals surface area (Å²) in [4.78, 5) is 4.17. The molecule has 0 saturated heterocycles. The average molecular weight is 245 g/mol. The van der Waals surface area contributed by atoms with E-state index in [2.05, 4.69) is 26.2 Å². The van der Waals surface area contributed by atoms with Crippen LogP contribution in [-0.4, -0.2) is 11.5 Å². The molecule has 0 bridgehead atoms. The van der Waals surface area contributed by atoms with Crippen molar-refractivity contribution >= 4 is 21.7 Å². The Kier molecular flexibility index (Phi) is 3.65. The molecule has 0 saturated carbocycles. The van der Waals surface area contributed by atoms with Gasteiger partial charge in [-0.25, -0.2) is 4.98 Å². The van der Waals surface area contributed by atoms with Gasteiger partial charge in [0.2, 0.25) is 0 Å². The lowest BCUT2D eigenvalue weighted by Gasteiger charge is -2.12. The standard InChI is InChI=1S/C8H13BrN4/c1-2-12-8-6(7(10)11)3-5(9)4-13-8/h3-4,7H,2,10-11H2,1H3,(H,12,13). The van der Waals surface area contributed by atoms with Crippen molar-refractivity contribution in [2.24, 2.45) is 11.5 Å². The molecule has 5 N–H and O–H groups in total. The predicted molar refractivity (Wildman–Crippen MR) is 57.2 cm³/mol. The number of halogens is 1. The lowest BCUT2D eigenvalue weighted by Crippen LogP contribution is -2.22. The number of nitrogens with one attached hydrogen (secondary N) is 1. The van der Waals surface area contributed by atoms with E-state index in [1.165, 1.54) is 0 Å². The molecule has 0 radical (unpaired) electrons. The maximum atomic E-state index is 5.59. The van der Waals surface area contributed by atoms with Crippen LogP contribution >= 0.6 is 15.9 Å². The van der Waals surface area contributed by atoms with Crippen LogP contribution in [0.4, 0.5) is 5.82 Å². The largest absolute Gasteiger partial charge is 0.370 e. The van der Waals surface area contributed by atoms with Crippen LogP contribution in [0.25, 0.3) is 0 Å². The lowest BCUT2D eigenvalue weighted by atomic mass is 10.2. The first-order chi connectivity index (χ1) is 6.15. The molecule has 0 atom stereocenters. The van der Waals surface area contributed by atoms with Gasteiger partial charge >= 0.3 is 0 Å². The van der Waals surface area contributed by atoms with E-state index in [9.17, 15) is 0 Å². The first kappa shape index (κ1) is 10.4. The summed E-state index contributed by atoms with van der Waals surface area (Å²) < 4.78 is 0.880. The van der Waals surface area contributed by atoms with Gasteiger partial charge in [0.15, 0.2) is 0 Å². The van der Waals surface area contributed by atoms with Crippen molar-refractivity contribution in [2.75, 3.05) is 11.9 Å². The third-order valence-corrected chi connectivity index (χ3v) is 2.02. The molecular formula is C8H13BrN4. The number of rotatable bonds is 3. The highest BCUT2D eigenvalue weighted by molar-refractivity contribution is 9.10. The van der Waals surface area contributed by atoms with Crippen molar-refractivity contribution in [1.29, 1.82) is 0 Å². The molecule has 0 aliphatic heterocycles. The first-order valence-electron chi connectivity index (χ1n) is 4.05. The zero-order valence-corrected chi connectivity index (χ0v) is 9.01. The number of nitrogens with two attached hydrogens (primary N) is 2. The zero-order valence-electron chi connectivity index (χ0n) is 7.42. The molecule has 5 heteroatoms. The van der Waals surface area contributed by atoms with E-state index < -0.39 is 6.17 Å². The van der Waals surface area contributed by atoms with Gasteiger partial charge in [0.25, 0.3) is 0 Å². The van der Waals surface area contributed by atoms with Crippen LogP contribution in [0.3, 0.4) is 0 Å². The Bertz CT molecular complexity index is 287. The second kappa shape index (κ2) is 4.55. The number of aromatic nitrogens is 1. The average Bonchev–Trinajstić information content (AvgIpc) is 2.08. The quantitative estimate of drug-likeness (QED) is 0.699. The van der Waals surface area contributed by atoms with E-state index in [1.54, 1.807) is 6.20 Å². The SMILES string of the molecule is CCNc1ncc(Br)cc1C(N)N. The topological polar surface area (TPSA) is 77.0 Å². The van der Waals surface area contributed by atoms with Crippen LogP contribution in [0.15, 0.2) is 16.7 Å². The minimum Gasteiger partial charge on any atom is -0.370 e. The highest BCUT2D eigenvalue weighted by Gasteiger charge is 2.07. The van der Waals surface area contributed by atoms with E-state index >= 15 is 0 Å². The molecule has 1 aromatic rings. The summed E-state index contributed by atoms with van der Waals surface area (Å²) in [5, 5.41) is 3.09. The molecule has 72 valence electrons. The molecule has 0 fully saturated rings. The van der Waals surface area contributed by atoms with Gasteiger partial charge in [0.05, 0.1) is 6.17 Å². The van der Waals surface area contributed by atoms with Crippen LogP contribution < -0.4 is 16.8 Å². The summed E-state index contributed by atoms with van der Waals surface area (Å²) in [6, 6.07) is 1.87. The molecule has 4 nitrogen and oxygen atoms in total. The molecule has 1 heterocycles. The second-order valence-electron chi connectivity index (χ2n) is 2.65. The Morgan fingerprint density at radius 2 is 2.31 bits per heavy atom. The number of pyridine rings is 1. The lowest BCUT2D eigenvalue weighted by molar-refractivity contribution is 0.768. The Morgan fingerprint density at radius 3 is 2.85 bits per heavy atom. The number of anilines is 1. The third kappa shape index (κ3) is 2.65. The van der Waals surface area contributed by atoms with E-state index in [4.69, 9.17) is 11.5 Å². The minimum atomic E-state index is -0.501. The van der Waals surface area contributed by atoms with Gasteiger partial charge in [-0.3, -0.25) is 0 Å². The van der Waals surface area contributed by atoms with Crippen LogP contribution in [0.5, 0.6) is 0 Å². The Labute approximate surface area is 85.8 Å². The molecule has 0 amide bonds. The monoisotopic (exact) mass is 244 g/mol. The van der Waals surface area contributed by atoms with E-state index in [0.717, 1.165) is 22.4 Å². The van der Waals surface area contributed by atoms with E-state index in [0.29, 0.717) is 0 Å². The first-order valence-corrected chi connectivity index (χ1v) is 4.85. The normalized spacial score (nSPS) is 10.5. The number of nitrogens with zero attached hydrogens (tertiary/aromatic N) is 1. The molecule has 1 rings (SSSR count). The smallest absolute Gasteiger partial charge is 0.132 e. The highest BCUT2D eigenvalue weighted by atomic mass is 79.9. The van der Waals surface area contributed by atoms with Crippen molar-refractivity contribution in [3.63, 3.8) is 0 Å². The van der Waals surface area contributed by atoms with Gasteiger partial charge < -0.3 is 16.8 Å². The van der Waals surface area contributed by atoms with Gasteiger partial charge in [-0.2, -0.15) is 0 Å². The van der Waals surface area contributed by atoms with E-state index in [1.807, 2.05) is 13.0 Å². The number of hydrogen-bond acceptors (Lipinski definition) is 4. The highest BCUT2D eigenvalue weighted by Crippen LogP contribution is 2.20. The van der Waals surface area contributed by atoms with Crippen molar-refractivity contribution < 1.29 is 0 Å². The van der Waals surface area contributed by atoms with E-state index in [-0.39, 0.29) is 0 Å². The fourth-order valence-corrected chi connectivity index (χ4v) is 1.37. The van der Waals surface area contributed by atoms with Crippen LogP contribution in [0, 0.1) is 0 Å². The second-order valence-corrected chi connectivity index (χ2v) is 3.56. The van der Waals surface area contributed by atoms with Crippen LogP contribution in [0.2, 0.25) is 0 Å². The van der Waals surface area contributed by atoms with Crippen LogP contribution in [0.1, 0.15) is 18.7 Å². The summed E-state index contributed by atoms with van der Waals surface area (Å²) in [5.74, 6) is 0.751. The number of hydrogen-bond donors (Lipinski definition) is 3. The Morgan fingerprint density at radius 1 is 1.62 bits per heavy atom. The van der Waals surface area contributed by atoms with Gasteiger partial charge in [0, 0.05) is 22.8 Å². The minimum absolute atomic E-state index is 0.501. The van der Waals surface area contributed by atoms with Crippen molar-refractivity contribution in [1.82, 2.24) is 4.98 Å². The van der Waals surface area contributed by atoms with Crippen molar-refractivity contribution in [2.45, 2.75) is 13.1 Å². The fourth-order valence-electron chi connectivity index (χ4n) is 1.02.